The van der Waals surface area contributed by atoms with Crippen LogP contribution in [0.3, 0.4) is 0 Å². The van der Waals surface area contributed by atoms with Crippen molar-refractivity contribution >= 4 is 11.6 Å². The second-order valence-electron chi connectivity index (χ2n) is 4.26. The standard InChI is InChI=1S/C13H12ClFN2/c14-12-11-7-3-4-8-17(11)13(16-12)9-5-1-2-6-10(9)15/h1-2,5-6H,3-4,7-8H2. The lowest BCUT2D eigenvalue weighted by molar-refractivity contribution is 0.534. The molecule has 2 aromatic rings. The van der Waals surface area contributed by atoms with Crippen molar-refractivity contribution < 1.29 is 4.39 Å². The third kappa shape index (κ3) is 1.75. The predicted molar refractivity (Wildman–Crippen MR) is 65.6 cm³/mol. The number of benzene rings is 1. The lowest BCUT2D eigenvalue weighted by atomic mass is 10.1. The quantitative estimate of drug-likeness (QED) is 0.755. The van der Waals surface area contributed by atoms with Crippen molar-refractivity contribution in [1.82, 2.24) is 9.55 Å². The van der Waals surface area contributed by atoms with Crippen LogP contribution in [0.2, 0.25) is 5.15 Å². The molecule has 4 heteroatoms. The van der Waals surface area contributed by atoms with E-state index in [4.69, 9.17) is 11.6 Å². The van der Waals surface area contributed by atoms with Gasteiger partial charge in [0.15, 0.2) is 5.15 Å². The van der Waals surface area contributed by atoms with Crippen molar-refractivity contribution in [2.75, 3.05) is 0 Å². The first-order chi connectivity index (χ1) is 8.27. The zero-order valence-corrected chi connectivity index (χ0v) is 10.0. The number of imidazole rings is 1. The van der Waals surface area contributed by atoms with Crippen LogP contribution in [0.5, 0.6) is 0 Å². The molecule has 88 valence electrons. The molecular formula is C13H12ClFN2. The lowest BCUT2D eigenvalue weighted by Gasteiger charge is -2.16. The summed E-state index contributed by atoms with van der Waals surface area (Å²) in [5.74, 6) is 0.408. The SMILES string of the molecule is Fc1ccccc1-c1nc(Cl)c2n1CCCC2. The molecule has 0 bridgehead atoms. The van der Waals surface area contributed by atoms with Gasteiger partial charge in [0.05, 0.1) is 11.3 Å². The third-order valence-corrected chi connectivity index (χ3v) is 3.49. The van der Waals surface area contributed by atoms with Crippen molar-refractivity contribution in [2.45, 2.75) is 25.8 Å². The summed E-state index contributed by atoms with van der Waals surface area (Å²) in [4.78, 5) is 4.31. The molecule has 1 aliphatic rings. The Morgan fingerprint density at radius 1 is 1.24 bits per heavy atom. The van der Waals surface area contributed by atoms with Gasteiger partial charge in [0.1, 0.15) is 11.6 Å². The van der Waals surface area contributed by atoms with E-state index in [0.29, 0.717) is 16.5 Å². The van der Waals surface area contributed by atoms with Gasteiger partial charge in [-0.25, -0.2) is 9.37 Å². The zero-order chi connectivity index (χ0) is 11.8. The van der Waals surface area contributed by atoms with Crippen LogP contribution in [-0.4, -0.2) is 9.55 Å². The number of rotatable bonds is 1. The Hall–Kier alpha value is -1.35. The second-order valence-corrected chi connectivity index (χ2v) is 4.62. The van der Waals surface area contributed by atoms with Gasteiger partial charge in [-0.2, -0.15) is 0 Å². The van der Waals surface area contributed by atoms with Crippen molar-refractivity contribution in [3.05, 3.63) is 40.9 Å². The van der Waals surface area contributed by atoms with Crippen molar-refractivity contribution in [1.29, 1.82) is 0 Å². The average molecular weight is 251 g/mol. The maximum atomic E-state index is 13.8. The largest absolute Gasteiger partial charge is 0.326 e. The minimum atomic E-state index is -0.248. The van der Waals surface area contributed by atoms with Crippen molar-refractivity contribution in [3.63, 3.8) is 0 Å². The van der Waals surface area contributed by atoms with Gasteiger partial charge in [-0.15, -0.1) is 0 Å². The van der Waals surface area contributed by atoms with Gasteiger partial charge in [-0.05, 0) is 31.4 Å². The van der Waals surface area contributed by atoms with Crippen LogP contribution in [0.15, 0.2) is 24.3 Å². The molecule has 3 rings (SSSR count). The topological polar surface area (TPSA) is 17.8 Å². The molecule has 0 amide bonds. The Bertz CT molecular complexity index is 563. The molecule has 0 N–H and O–H groups in total. The van der Waals surface area contributed by atoms with E-state index >= 15 is 0 Å². The van der Waals surface area contributed by atoms with Crippen LogP contribution >= 0.6 is 11.6 Å². The Morgan fingerprint density at radius 3 is 2.88 bits per heavy atom. The van der Waals surface area contributed by atoms with Crippen LogP contribution in [0.4, 0.5) is 4.39 Å². The van der Waals surface area contributed by atoms with Gasteiger partial charge >= 0.3 is 0 Å². The molecule has 0 saturated heterocycles. The highest BCUT2D eigenvalue weighted by Crippen LogP contribution is 2.30. The highest BCUT2D eigenvalue weighted by Gasteiger charge is 2.21. The maximum Gasteiger partial charge on any atom is 0.150 e. The van der Waals surface area contributed by atoms with E-state index in [-0.39, 0.29) is 5.82 Å². The van der Waals surface area contributed by atoms with Gasteiger partial charge < -0.3 is 4.57 Å². The number of hydrogen-bond acceptors (Lipinski definition) is 1. The Balaban J connectivity index is 2.19. The first-order valence-electron chi connectivity index (χ1n) is 5.77. The number of aromatic nitrogens is 2. The summed E-state index contributed by atoms with van der Waals surface area (Å²) < 4.78 is 15.8. The van der Waals surface area contributed by atoms with E-state index in [0.717, 1.165) is 31.5 Å². The van der Waals surface area contributed by atoms with E-state index in [1.807, 2.05) is 10.6 Å². The van der Waals surface area contributed by atoms with Crippen LogP contribution in [0, 0.1) is 5.82 Å². The van der Waals surface area contributed by atoms with Crippen molar-refractivity contribution in [3.8, 4) is 11.4 Å². The highest BCUT2D eigenvalue weighted by atomic mass is 35.5. The minimum Gasteiger partial charge on any atom is -0.326 e. The van der Waals surface area contributed by atoms with Gasteiger partial charge in [-0.3, -0.25) is 0 Å². The van der Waals surface area contributed by atoms with Gasteiger partial charge in [0.25, 0.3) is 0 Å². The molecule has 0 aliphatic carbocycles. The molecule has 0 spiro atoms. The van der Waals surface area contributed by atoms with E-state index in [1.165, 1.54) is 6.07 Å². The summed E-state index contributed by atoms with van der Waals surface area (Å²) in [6.07, 6.45) is 3.16. The molecule has 1 aromatic heterocycles. The fraction of sp³-hybridized carbons (Fsp3) is 0.308. The van der Waals surface area contributed by atoms with Crippen LogP contribution < -0.4 is 0 Å². The lowest BCUT2D eigenvalue weighted by Crippen LogP contribution is -2.11. The zero-order valence-electron chi connectivity index (χ0n) is 9.29. The highest BCUT2D eigenvalue weighted by molar-refractivity contribution is 6.30. The normalized spacial score (nSPS) is 14.7. The molecule has 2 heterocycles. The number of nitrogens with zero attached hydrogens (tertiary/aromatic N) is 2. The molecule has 1 aromatic carbocycles. The molecule has 0 fully saturated rings. The van der Waals surface area contributed by atoms with Crippen LogP contribution in [0.1, 0.15) is 18.5 Å². The van der Waals surface area contributed by atoms with E-state index in [1.54, 1.807) is 12.1 Å². The maximum absolute atomic E-state index is 13.8. The molecule has 0 radical (unpaired) electrons. The van der Waals surface area contributed by atoms with Crippen molar-refractivity contribution in [2.24, 2.45) is 0 Å². The summed E-state index contributed by atoms with van der Waals surface area (Å²) in [6.45, 7) is 0.874. The molecule has 1 aliphatic heterocycles. The van der Waals surface area contributed by atoms with Crippen LogP contribution in [0.25, 0.3) is 11.4 Å². The fourth-order valence-corrected chi connectivity index (χ4v) is 2.62. The molecule has 0 saturated carbocycles. The molecular weight excluding hydrogens is 239 g/mol. The Kier molecular flexibility index (Phi) is 2.63. The molecule has 2 nitrogen and oxygen atoms in total. The first-order valence-corrected chi connectivity index (χ1v) is 6.15. The summed E-state index contributed by atoms with van der Waals surface area (Å²) in [7, 11) is 0. The fourth-order valence-electron chi connectivity index (χ4n) is 2.35. The predicted octanol–water partition coefficient (Wildman–Crippen LogP) is 3.68. The second kappa shape index (κ2) is 4.15. The summed E-state index contributed by atoms with van der Waals surface area (Å²) >= 11 is 6.11. The summed E-state index contributed by atoms with van der Waals surface area (Å²) in [6, 6.07) is 6.70. The van der Waals surface area contributed by atoms with E-state index in [2.05, 4.69) is 4.98 Å². The molecule has 0 atom stereocenters. The third-order valence-electron chi connectivity index (χ3n) is 3.18. The average Bonchev–Trinajstić information content (AvgIpc) is 2.68. The monoisotopic (exact) mass is 250 g/mol. The molecule has 17 heavy (non-hydrogen) atoms. The smallest absolute Gasteiger partial charge is 0.150 e. The van der Waals surface area contributed by atoms with E-state index < -0.39 is 0 Å². The number of fused-ring (bicyclic) bond motifs is 1. The molecule has 0 unspecified atom stereocenters. The Morgan fingerprint density at radius 2 is 2.06 bits per heavy atom. The minimum absolute atomic E-state index is 0.248. The van der Waals surface area contributed by atoms with Gasteiger partial charge in [-0.1, -0.05) is 23.7 Å². The summed E-state index contributed by atoms with van der Waals surface area (Å²) in [5, 5.41) is 0.517. The van der Waals surface area contributed by atoms with Gasteiger partial charge in [0, 0.05) is 6.54 Å². The van der Waals surface area contributed by atoms with E-state index in [9.17, 15) is 4.39 Å². The van der Waals surface area contributed by atoms with Crippen LogP contribution in [-0.2, 0) is 13.0 Å². The first kappa shape index (κ1) is 10.8. The summed E-state index contributed by atoms with van der Waals surface area (Å²) in [5.41, 5.74) is 1.57. The van der Waals surface area contributed by atoms with Gasteiger partial charge in [0.2, 0.25) is 0 Å². The number of halogens is 2. The number of hydrogen-bond donors (Lipinski definition) is 0. The Labute approximate surface area is 104 Å².